The van der Waals surface area contributed by atoms with Crippen molar-refractivity contribution < 1.29 is 24.2 Å². The lowest BCUT2D eigenvalue weighted by Crippen LogP contribution is -2.41. The molecular formula is C21H26N2O5. The van der Waals surface area contributed by atoms with E-state index in [-0.39, 0.29) is 29.2 Å². The van der Waals surface area contributed by atoms with Crippen molar-refractivity contribution in [3.05, 3.63) is 53.3 Å². The first-order chi connectivity index (χ1) is 13.3. The van der Waals surface area contributed by atoms with Gasteiger partial charge in [-0.3, -0.25) is 4.79 Å². The number of rotatable bonds is 7. The second-order valence-electron chi connectivity index (χ2n) is 6.69. The molecule has 3 atom stereocenters. The van der Waals surface area contributed by atoms with Crippen molar-refractivity contribution in [2.24, 2.45) is 0 Å². The molecule has 0 saturated carbocycles. The molecule has 0 aliphatic rings. The Balaban J connectivity index is 2.01. The predicted molar refractivity (Wildman–Crippen MR) is 105 cm³/mol. The molecule has 0 saturated heterocycles. The normalized spacial score (nSPS) is 13.9. The molecule has 0 radical (unpaired) electrons. The van der Waals surface area contributed by atoms with E-state index in [1.54, 1.807) is 0 Å². The summed E-state index contributed by atoms with van der Waals surface area (Å²) in [6.45, 7) is 7.33. The average Bonchev–Trinajstić information content (AvgIpc) is 2.67. The number of ether oxygens (including phenoxy) is 2. The summed E-state index contributed by atoms with van der Waals surface area (Å²) in [6.07, 6.45) is 0.957. The molecule has 7 heteroatoms. The maximum Gasteiger partial charge on any atom is 0.328 e. The Labute approximate surface area is 164 Å². The number of amides is 1. The van der Waals surface area contributed by atoms with Crippen molar-refractivity contribution in [3.8, 4) is 11.5 Å². The van der Waals surface area contributed by atoms with E-state index >= 15 is 0 Å². The molecule has 1 amide bonds. The van der Waals surface area contributed by atoms with E-state index in [9.17, 15) is 14.7 Å². The van der Waals surface area contributed by atoms with Gasteiger partial charge in [-0.1, -0.05) is 31.2 Å². The number of pyridine rings is 1. The van der Waals surface area contributed by atoms with Crippen molar-refractivity contribution in [1.82, 2.24) is 10.3 Å². The molecule has 2 N–H and O–H groups in total. The van der Waals surface area contributed by atoms with Gasteiger partial charge in [0.1, 0.15) is 12.1 Å². The van der Waals surface area contributed by atoms with Crippen LogP contribution in [-0.2, 0) is 9.53 Å². The average molecular weight is 386 g/mol. The molecule has 2 aromatic rings. The SMILES string of the molecule is COc1ccnc(C(=O)NC(C)C(=O)OC(C)C(C)c2ccccc2C)c1O. The molecule has 0 fully saturated rings. The number of carbonyl (C=O) groups excluding carboxylic acids is 2. The molecule has 2 rings (SSSR count). The van der Waals surface area contributed by atoms with E-state index in [0.717, 1.165) is 11.1 Å². The molecule has 7 nitrogen and oxygen atoms in total. The van der Waals surface area contributed by atoms with Gasteiger partial charge in [0.2, 0.25) is 0 Å². The van der Waals surface area contributed by atoms with Gasteiger partial charge in [-0.25, -0.2) is 9.78 Å². The van der Waals surface area contributed by atoms with Crippen molar-refractivity contribution in [2.45, 2.75) is 45.8 Å². The van der Waals surface area contributed by atoms with Crippen molar-refractivity contribution in [1.29, 1.82) is 0 Å². The Hall–Kier alpha value is -3.09. The molecule has 0 aliphatic heterocycles. The summed E-state index contributed by atoms with van der Waals surface area (Å²) in [4.78, 5) is 28.6. The summed E-state index contributed by atoms with van der Waals surface area (Å²) < 4.78 is 10.5. The van der Waals surface area contributed by atoms with Crippen molar-refractivity contribution in [2.75, 3.05) is 7.11 Å². The van der Waals surface area contributed by atoms with E-state index < -0.39 is 17.9 Å². The molecule has 0 bridgehead atoms. The summed E-state index contributed by atoms with van der Waals surface area (Å²) >= 11 is 0. The van der Waals surface area contributed by atoms with Crippen LogP contribution in [0.4, 0.5) is 0 Å². The molecule has 0 spiro atoms. The van der Waals surface area contributed by atoms with Gasteiger partial charge in [-0.2, -0.15) is 0 Å². The lowest BCUT2D eigenvalue weighted by Gasteiger charge is -2.24. The standard InChI is InChI=1S/C21H26N2O5/c1-12-8-6-7-9-16(12)13(2)15(4)28-21(26)14(3)23-20(25)18-19(24)17(27-5)10-11-22-18/h6-11,13-15,24H,1-5H3,(H,23,25). The van der Waals surface area contributed by atoms with Gasteiger partial charge in [0.25, 0.3) is 5.91 Å². The highest BCUT2D eigenvalue weighted by atomic mass is 16.5. The fourth-order valence-corrected chi connectivity index (χ4v) is 2.83. The zero-order valence-electron chi connectivity index (χ0n) is 16.7. The minimum absolute atomic E-state index is 0.00264. The van der Waals surface area contributed by atoms with Gasteiger partial charge < -0.3 is 19.9 Å². The van der Waals surface area contributed by atoms with Crippen molar-refractivity contribution in [3.63, 3.8) is 0 Å². The number of aromatic hydroxyl groups is 1. The molecule has 150 valence electrons. The van der Waals surface area contributed by atoms with Crippen LogP contribution in [0.2, 0.25) is 0 Å². The third kappa shape index (κ3) is 4.79. The van der Waals surface area contributed by atoms with Gasteiger partial charge in [0.15, 0.2) is 17.2 Å². The molecule has 3 unspecified atom stereocenters. The first-order valence-electron chi connectivity index (χ1n) is 9.05. The van der Waals surface area contributed by atoms with E-state index in [1.807, 2.05) is 45.0 Å². The van der Waals surface area contributed by atoms with E-state index in [1.165, 1.54) is 26.3 Å². The van der Waals surface area contributed by atoms with Crippen LogP contribution in [0.15, 0.2) is 36.5 Å². The van der Waals surface area contributed by atoms with Crippen LogP contribution in [0.5, 0.6) is 11.5 Å². The van der Waals surface area contributed by atoms with Crippen LogP contribution < -0.4 is 10.1 Å². The van der Waals surface area contributed by atoms with Crippen LogP contribution in [-0.4, -0.2) is 41.2 Å². The lowest BCUT2D eigenvalue weighted by atomic mass is 9.92. The monoisotopic (exact) mass is 386 g/mol. The Morgan fingerprint density at radius 3 is 2.46 bits per heavy atom. The zero-order chi connectivity index (χ0) is 20.8. The zero-order valence-corrected chi connectivity index (χ0v) is 16.7. The minimum Gasteiger partial charge on any atom is -0.503 e. The van der Waals surface area contributed by atoms with Crippen molar-refractivity contribution >= 4 is 11.9 Å². The smallest absolute Gasteiger partial charge is 0.328 e. The summed E-state index contributed by atoms with van der Waals surface area (Å²) in [7, 11) is 1.37. The van der Waals surface area contributed by atoms with Gasteiger partial charge >= 0.3 is 5.97 Å². The van der Waals surface area contributed by atoms with E-state index in [4.69, 9.17) is 9.47 Å². The lowest BCUT2D eigenvalue weighted by molar-refractivity contribution is -0.151. The number of aromatic nitrogens is 1. The summed E-state index contributed by atoms with van der Waals surface area (Å²) in [5, 5.41) is 12.5. The van der Waals surface area contributed by atoms with E-state index in [0.29, 0.717) is 0 Å². The number of esters is 1. The highest BCUT2D eigenvalue weighted by molar-refractivity contribution is 5.97. The fraction of sp³-hybridized carbons (Fsp3) is 0.381. The van der Waals surface area contributed by atoms with Crippen LogP contribution in [0, 0.1) is 6.92 Å². The van der Waals surface area contributed by atoms with Gasteiger partial charge in [-0.15, -0.1) is 0 Å². The Morgan fingerprint density at radius 2 is 1.82 bits per heavy atom. The van der Waals surface area contributed by atoms with E-state index in [2.05, 4.69) is 10.3 Å². The highest BCUT2D eigenvalue weighted by Crippen LogP contribution is 2.27. The second-order valence-corrected chi connectivity index (χ2v) is 6.69. The number of benzene rings is 1. The summed E-state index contributed by atoms with van der Waals surface area (Å²) in [6, 6.07) is 8.44. The Bertz CT molecular complexity index is 852. The highest BCUT2D eigenvalue weighted by Gasteiger charge is 2.26. The first-order valence-corrected chi connectivity index (χ1v) is 9.05. The second kappa shape index (κ2) is 9.21. The van der Waals surface area contributed by atoms with Crippen LogP contribution in [0.25, 0.3) is 0 Å². The van der Waals surface area contributed by atoms with Crippen LogP contribution >= 0.6 is 0 Å². The first kappa shape index (κ1) is 21.2. The maximum absolute atomic E-state index is 12.4. The number of carbonyl (C=O) groups is 2. The van der Waals surface area contributed by atoms with Gasteiger partial charge in [0.05, 0.1) is 7.11 Å². The van der Waals surface area contributed by atoms with Crippen LogP contribution in [0.3, 0.4) is 0 Å². The molecular weight excluding hydrogens is 360 g/mol. The molecule has 1 heterocycles. The molecule has 28 heavy (non-hydrogen) atoms. The third-order valence-corrected chi connectivity index (χ3v) is 4.71. The molecule has 1 aromatic carbocycles. The number of methoxy groups -OCH3 is 1. The molecule has 1 aromatic heterocycles. The van der Waals surface area contributed by atoms with Crippen LogP contribution in [0.1, 0.15) is 48.3 Å². The predicted octanol–water partition coefficient (Wildman–Crippen LogP) is 2.96. The largest absolute Gasteiger partial charge is 0.503 e. The third-order valence-electron chi connectivity index (χ3n) is 4.71. The maximum atomic E-state index is 12.4. The number of hydrogen-bond acceptors (Lipinski definition) is 6. The number of hydrogen-bond donors (Lipinski definition) is 2. The fourth-order valence-electron chi connectivity index (χ4n) is 2.83. The number of nitrogens with zero attached hydrogens (tertiary/aromatic N) is 1. The minimum atomic E-state index is -0.911. The summed E-state index contributed by atoms with van der Waals surface area (Å²) in [5.41, 5.74) is 2.00. The Kier molecular flexibility index (Phi) is 6.98. The summed E-state index contributed by atoms with van der Waals surface area (Å²) in [5.74, 6) is -1.53. The van der Waals surface area contributed by atoms with Gasteiger partial charge in [-0.05, 0) is 31.9 Å². The topological polar surface area (TPSA) is 97.8 Å². The number of aryl methyl sites for hydroxylation is 1. The Morgan fingerprint density at radius 1 is 1.14 bits per heavy atom. The quantitative estimate of drug-likeness (QED) is 0.710. The number of nitrogens with one attached hydrogen (secondary N) is 1. The molecule has 0 aliphatic carbocycles. The van der Waals surface area contributed by atoms with Gasteiger partial charge in [0, 0.05) is 18.2 Å².